The average Bonchev–Trinajstić information content (AvgIpc) is 2.25. The van der Waals surface area contributed by atoms with Crippen molar-refractivity contribution in [2.45, 2.75) is 0 Å². The van der Waals surface area contributed by atoms with E-state index in [1.54, 1.807) is 24.3 Å². The summed E-state index contributed by atoms with van der Waals surface area (Å²) in [5.41, 5.74) is 0.0850. The molecule has 0 aromatic heterocycles. The highest BCUT2D eigenvalue weighted by molar-refractivity contribution is 9.10. The van der Waals surface area contributed by atoms with Crippen molar-refractivity contribution in [2.75, 3.05) is 5.32 Å². The Morgan fingerprint density at radius 1 is 1.40 bits per heavy atom. The van der Waals surface area contributed by atoms with Crippen LogP contribution in [0.3, 0.4) is 0 Å². The number of halogens is 2. The Morgan fingerprint density at radius 3 is 2.67 bits per heavy atom. The van der Waals surface area contributed by atoms with Gasteiger partial charge >= 0.3 is 0 Å². The van der Waals surface area contributed by atoms with Crippen molar-refractivity contribution in [1.29, 1.82) is 10.5 Å². The molecule has 0 fully saturated rings. The van der Waals surface area contributed by atoms with Crippen LogP contribution >= 0.6 is 15.9 Å². The van der Waals surface area contributed by atoms with Gasteiger partial charge in [-0.1, -0.05) is 6.07 Å². The lowest BCUT2D eigenvalue weighted by Gasteiger charge is -2.03. The maximum atomic E-state index is 13.4. The molecule has 0 saturated heterocycles. The first-order valence-electron chi connectivity index (χ1n) is 3.90. The van der Waals surface area contributed by atoms with Crippen molar-refractivity contribution in [1.82, 2.24) is 0 Å². The van der Waals surface area contributed by atoms with Gasteiger partial charge < -0.3 is 5.32 Å². The fraction of sp³-hybridized carbons (Fsp3) is 0. The lowest BCUT2D eigenvalue weighted by Crippen LogP contribution is -1.93. The first kappa shape index (κ1) is 11.2. The third-order valence-electron chi connectivity index (χ3n) is 1.56. The number of rotatable bonds is 2. The minimum absolute atomic E-state index is 0.116. The third kappa shape index (κ3) is 2.80. The van der Waals surface area contributed by atoms with Gasteiger partial charge in [-0.05, 0) is 28.1 Å². The topological polar surface area (TPSA) is 59.6 Å². The summed E-state index contributed by atoms with van der Waals surface area (Å²) in [7, 11) is 0. The number of allylic oxidation sites excluding steroid dienone is 1. The molecule has 0 radical (unpaired) electrons. The molecule has 3 nitrogen and oxygen atoms in total. The quantitative estimate of drug-likeness (QED) is 0.837. The molecular weight excluding hydrogens is 261 g/mol. The van der Waals surface area contributed by atoms with Crippen LogP contribution in [0, 0.1) is 28.5 Å². The summed E-state index contributed by atoms with van der Waals surface area (Å²) in [4.78, 5) is 0. The molecule has 0 aliphatic carbocycles. The second-order valence-electron chi connectivity index (χ2n) is 2.53. The molecule has 0 spiro atoms. The van der Waals surface area contributed by atoms with Crippen LogP contribution < -0.4 is 5.32 Å². The van der Waals surface area contributed by atoms with E-state index >= 15 is 0 Å². The van der Waals surface area contributed by atoms with Crippen molar-refractivity contribution in [3.05, 3.63) is 40.3 Å². The minimum atomic E-state index is -0.469. The van der Waals surface area contributed by atoms with E-state index in [4.69, 9.17) is 10.5 Å². The Kier molecular flexibility index (Phi) is 3.84. The summed E-state index contributed by atoms with van der Waals surface area (Å²) in [5, 5.41) is 19.4. The van der Waals surface area contributed by atoms with Crippen LogP contribution in [0.2, 0.25) is 0 Å². The van der Waals surface area contributed by atoms with Crippen LogP contribution in [-0.2, 0) is 0 Å². The maximum Gasteiger partial charge on any atom is 0.160 e. The van der Waals surface area contributed by atoms with E-state index in [0.717, 1.165) is 6.20 Å². The first-order valence-corrected chi connectivity index (χ1v) is 4.69. The molecule has 0 unspecified atom stereocenters. The highest BCUT2D eigenvalue weighted by Gasteiger charge is 2.03. The van der Waals surface area contributed by atoms with E-state index in [9.17, 15) is 4.39 Å². The molecule has 74 valence electrons. The summed E-state index contributed by atoms with van der Waals surface area (Å²) in [6.07, 6.45) is 1.16. The molecule has 1 aromatic rings. The van der Waals surface area contributed by atoms with E-state index in [2.05, 4.69) is 21.2 Å². The third-order valence-corrected chi connectivity index (χ3v) is 2.18. The summed E-state index contributed by atoms with van der Waals surface area (Å²) in [6, 6.07) is 8.02. The van der Waals surface area contributed by atoms with Crippen LogP contribution in [0.5, 0.6) is 0 Å². The molecule has 15 heavy (non-hydrogen) atoms. The predicted octanol–water partition coefficient (Wildman–Crippen LogP) is 2.93. The molecule has 0 bridgehead atoms. The van der Waals surface area contributed by atoms with Gasteiger partial charge in [0, 0.05) is 6.20 Å². The zero-order chi connectivity index (χ0) is 11.3. The number of benzene rings is 1. The predicted molar refractivity (Wildman–Crippen MR) is 57.0 cm³/mol. The molecule has 1 aromatic carbocycles. The van der Waals surface area contributed by atoms with E-state index in [-0.39, 0.29) is 11.3 Å². The maximum absolute atomic E-state index is 13.4. The number of nitriles is 2. The van der Waals surface area contributed by atoms with Gasteiger partial charge in [-0.2, -0.15) is 10.5 Å². The minimum Gasteiger partial charge on any atom is -0.357 e. The Labute approximate surface area is 94.6 Å². The van der Waals surface area contributed by atoms with Gasteiger partial charge in [0.05, 0.1) is 10.2 Å². The Bertz CT molecular complexity index is 466. The fourth-order valence-corrected chi connectivity index (χ4v) is 1.22. The first-order chi connectivity index (χ1) is 7.19. The van der Waals surface area contributed by atoms with Gasteiger partial charge in [0.2, 0.25) is 0 Å². The molecule has 0 aliphatic rings. The number of hydrogen-bond donors (Lipinski definition) is 1. The van der Waals surface area contributed by atoms with Crippen molar-refractivity contribution in [3.63, 3.8) is 0 Å². The summed E-state index contributed by atoms with van der Waals surface area (Å²) >= 11 is 3.02. The summed E-state index contributed by atoms with van der Waals surface area (Å²) in [6.45, 7) is 0. The van der Waals surface area contributed by atoms with Crippen LogP contribution in [0.15, 0.2) is 34.4 Å². The molecule has 0 aliphatic heterocycles. The van der Waals surface area contributed by atoms with Gasteiger partial charge in [0.25, 0.3) is 0 Å². The van der Waals surface area contributed by atoms with Gasteiger partial charge in [0.15, 0.2) is 5.82 Å². The van der Waals surface area contributed by atoms with Crippen molar-refractivity contribution >= 4 is 21.6 Å². The lowest BCUT2D eigenvalue weighted by atomic mass is 10.3. The molecule has 0 amide bonds. The second kappa shape index (κ2) is 5.14. The molecule has 0 heterocycles. The van der Waals surface area contributed by atoms with Gasteiger partial charge in [-0.3, -0.25) is 0 Å². The molecule has 0 atom stereocenters. The molecular formula is C10H5BrFN3. The van der Waals surface area contributed by atoms with Crippen LogP contribution in [-0.4, -0.2) is 0 Å². The van der Waals surface area contributed by atoms with Crippen molar-refractivity contribution < 1.29 is 4.39 Å². The van der Waals surface area contributed by atoms with Crippen LogP contribution in [0.4, 0.5) is 10.1 Å². The average molecular weight is 266 g/mol. The van der Waals surface area contributed by atoms with Crippen LogP contribution in [0.1, 0.15) is 0 Å². The van der Waals surface area contributed by atoms with E-state index in [1.165, 1.54) is 6.07 Å². The Morgan fingerprint density at radius 2 is 2.07 bits per heavy atom. The zero-order valence-electron chi connectivity index (χ0n) is 7.46. The zero-order valence-corrected chi connectivity index (χ0v) is 9.05. The molecule has 0 saturated carbocycles. The normalized spacial score (nSPS) is 8.53. The van der Waals surface area contributed by atoms with Gasteiger partial charge in [0.1, 0.15) is 17.7 Å². The van der Waals surface area contributed by atoms with Gasteiger partial charge in [-0.25, -0.2) is 4.39 Å². The van der Waals surface area contributed by atoms with E-state index in [0.29, 0.717) is 4.47 Å². The Balaban J connectivity index is 2.93. The summed E-state index contributed by atoms with van der Waals surface area (Å²) in [5.74, 6) is -0.469. The number of anilines is 1. The summed E-state index contributed by atoms with van der Waals surface area (Å²) < 4.78 is 13.7. The lowest BCUT2D eigenvalue weighted by molar-refractivity contribution is 0.625. The fourth-order valence-electron chi connectivity index (χ4n) is 0.855. The molecule has 1 N–H and O–H groups in total. The molecule has 1 rings (SSSR count). The van der Waals surface area contributed by atoms with Crippen molar-refractivity contribution in [2.24, 2.45) is 0 Å². The van der Waals surface area contributed by atoms with E-state index in [1.807, 2.05) is 0 Å². The largest absolute Gasteiger partial charge is 0.357 e. The van der Waals surface area contributed by atoms with Crippen molar-refractivity contribution in [3.8, 4) is 12.1 Å². The SMILES string of the molecule is N#CC(C#N)=CNc1cccc(Br)c1F. The standard InChI is InChI=1S/C10H5BrFN3/c11-8-2-1-3-9(10(8)12)15-6-7(4-13)5-14/h1-3,6,15H. The monoisotopic (exact) mass is 265 g/mol. The highest BCUT2D eigenvalue weighted by Crippen LogP contribution is 2.22. The van der Waals surface area contributed by atoms with Crippen LogP contribution in [0.25, 0.3) is 0 Å². The highest BCUT2D eigenvalue weighted by atomic mass is 79.9. The van der Waals surface area contributed by atoms with E-state index < -0.39 is 5.82 Å². The number of nitrogens with zero attached hydrogens (tertiary/aromatic N) is 2. The second-order valence-corrected chi connectivity index (χ2v) is 3.38. The number of nitrogens with one attached hydrogen (secondary N) is 1. The molecule has 5 heteroatoms. The van der Waals surface area contributed by atoms with Gasteiger partial charge in [-0.15, -0.1) is 0 Å². The number of hydrogen-bond acceptors (Lipinski definition) is 3. The Hall–Kier alpha value is -1.85. The smallest absolute Gasteiger partial charge is 0.160 e.